The van der Waals surface area contributed by atoms with Gasteiger partial charge in [-0.05, 0) is 0 Å². The summed E-state index contributed by atoms with van der Waals surface area (Å²) >= 11 is 0. The minimum atomic E-state index is -3.67. The van der Waals surface area contributed by atoms with Gasteiger partial charge in [0.2, 0.25) is 0 Å². The van der Waals surface area contributed by atoms with Crippen molar-refractivity contribution in [2.45, 2.75) is 0 Å². The molecule has 0 aromatic heterocycles. The van der Waals surface area contributed by atoms with Crippen molar-refractivity contribution in [3.63, 3.8) is 0 Å². The van der Waals surface area contributed by atoms with E-state index in [4.69, 9.17) is 0 Å². The molecule has 0 bridgehead atoms. The lowest BCUT2D eigenvalue weighted by Gasteiger charge is -1.99. The van der Waals surface area contributed by atoms with E-state index in [0.29, 0.717) is 0 Å². The molecule has 0 aliphatic carbocycles. The first kappa shape index (κ1) is 22.0. The van der Waals surface area contributed by atoms with Gasteiger partial charge < -0.3 is 0 Å². The van der Waals surface area contributed by atoms with Gasteiger partial charge in [-0.3, -0.25) is 51.8 Å². The molecule has 0 saturated heterocycles. The standard InChI is InChI=1S/2B4F6/c2*5-2(6)1(3(7)8)4(9)10. The molecule has 0 rings (SSSR count). The van der Waals surface area contributed by atoms with E-state index in [1.54, 1.807) is 0 Å². The summed E-state index contributed by atoms with van der Waals surface area (Å²) in [6.07, 6.45) is -6.22. The first-order valence-electron chi connectivity index (χ1n) is 4.62. The molecule has 20 heteroatoms. The fourth-order valence-electron chi connectivity index (χ4n) is 0.660. The molecule has 0 saturated carbocycles. The number of hydrogen-bond donors (Lipinski definition) is 0. The second-order valence-electron chi connectivity index (χ2n) is 3.16. The molecular formula is B8F12. The smallest absolute Gasteiger partial charge is 0.299 e. The SMILES string of the molecule is FB(F)B(B(F)F)B(F)F.FB(F)B(B(F)F)B(F)F. The van der Waals surface area contributed by atoms with Crippen LogP contribution in [0.3, 0.4) is 0 Å². The van der Waals surface area contributed by atoms with Gasteiger partial charge in [0.15, 0.2) is 0 Å². The predicted octanol–water partition coefficient (Wildman–Crippen LogP) is 2.00. The Morgan fingerprint density at radius 2 is 0.350 bits per heavy atom. The van der Waals surface area contributed by atoms with E-state index in [0.717, 1.165) is 0 Å². The molecule has 0 N–H and O–H groups in total. The lowest BCUT2D eigenvalue weighted by Crippen LogP contribution is -2.49. The van der Waals surface area contributed by atoms with Crippen LogP contribution < -0.4 is 0 Å². The Morgan fingerprint density at radius 3 is 0.350 bits per heavy atom. The quantitative estimate of drug-likeness (QED) is 0.520. The van der Waals surface area contributed by atoms with Crippen molar-refractivity contribution < 1.29 is 51.8 Å². The van der Waals surface area contributed by atoms with E-state index < -0.39 is 55.7 Å². The van der Waals surface area contributed by atoms with E-state index in [1.807, 2.05) is 0 Å². The molecule has 0 radical (unpaired) electrons. The minimum Gasteiger partial charge on any atom is -0.299 e. The van der Waals surface area contributed by atoms with E-state index in [-0.39, 0.29) is 0 Å². The Balaban J connectivity index is 0. The average molecular weight is 314 g/mol. The van der Waals surface area contributed by atoms with E-state index in [9.17, 15) is 51.8 Å². The van der Waals surface area contributed by atoms with Gasteiger partial charge in [-0.2, -0.15) is 0 Å². The Morgan fingerprint density at radius 1 is 0.250 bits per heavy atom. The molecule has 0 unspecified atom stereocenters. The highest BCUT2D eigenvalue weighted by Gasteiger charge is 2.56. The molecular weight excluding hydrogens is 314 g/mol. The van der Waals surface area contributed by atoms with Crippen LogP contribution in [0.2, 0.25) is 0 Å². The topological polar surface area (TPSA) is 0 Å². The van der Waals surface area contributed by atoms with Crippen molar-refractivity contribution in [2.24, 2.45) is 0 Å². The lowest BCUT2D eigenvalue weighted by molar-refractivity contribution is 0.664. The maximum absolute atomic E-state index is 11.2. The fraction of sp³-hybridized carbons (Fsp3) is 0. The summed E-state index contributed by atoms with van der Waals surface area (Å²) in [6.45, 7) is 0. The Bertz CT molecular complexity index is 165. The summed E-state index contributed by atoms with van der Waals surface area (Å²) in [7, 11) is -22.0. The summed E-state index contributed by atoms with van der Waals surface area (Å²) in [4.78, 5) is 0. The van der Waals surface area contributed by atoms with Gasteiger partial charge in [0.25, 0.3) is 0 Å². The minimum absolute atomic E-state index is 3.11. The van der Waals surface area contributed by atoms with Crippen LogP contribution in [-0.2, 0) is 0 Å². The summed E-state index contributed by atoms with van der Waals surface area (Å²) in [5, 5.41) is 0. The zero-order valence-corrected chi connectivity index (χ0v) is 9.15. The van der Waals surface area contributed by atoms with Gasteiger partial charge in [-0.1, -0.05) is 0 Å². The Labute approximate surface area is 108 Å². The monoisotopic (exact) mass is 316 g/mol. The first-order chi connectivity index (χ1) is 8.93. The van der Waals surface area contributed by atoms with Crippen LogP contribution in [0.15, 0.2) is 0 Å². The van der Waals surface area contributed by atoms with Crippen molar-refractivity contribution in [2.75, 3.05) is 0 Å². The summed E-state index contributed by atoms with van der Waals surface area (Å²) in [5.74, 6) is 0. The lowest BCUT2D eigenvalue weighted by atomic mass is 8.98. The molecule has 0 fully saturated rings. The van der Waals surface area contributed by atoms with Crippen LogP contribution in [0.1, 0.15) is 0 Å². The van der Waals surface area contributed by atoms with Crippen molar-refractivity contribution in [1.82, 2.24) is 0 Å². The van der Waals surface area contributed by atoms with Crippen LogP contribution in [0.5, 0.6) is 0 Å². The predicted molar refractivity (Wildman–Crippen MR) is 59.3 cm³/mol. The van der Waals surface area contributed by atoms with Gasteiger partial charge in [-0.25, -0.2) is 0 Å². The molecule has 0 amide bonds. The Kier molecular flexibility index (Phi) is 11.4. The third-order valence-corrected chi connectivity index (χ3v) is 1.75. The normalized spacial score (nSPS) is 9.00. The first-order valence-corrected chi connectivity index (χ1v) is 4.62. The highest BCUT2D eigenvalue weighted by Crippen LogP contribution is 2.08. The highest BCUT2D eigenvalue weighted by molar-refractivity contribution is 7.65. The number of hydrogen-bond acceptors (Lipinski definition) is 0. The molecule has 108 valence electrons. The molecule has 0 aliphatic rings. The van der Waals surface area contributed by atoms with Gasteiger partial charge >= 0.3 is 55.7 Å². The van der Waals surface area contributed by atoms with Crippen LogP contribution >= 0.6 is 0 Å². The van der Waals surface area contributed by atoms with E-state index >= 15 is 0 Å². The second-order valence-corrected chi connectivity index (χ2v) is 3.16. The van der Waals surface area contributed by atoms with Gasteiger partial charge in [0, 0.05) is 0 Å². The summed E-state index contributed by atoms with van der Waals surface area (Å²) in [5.41, 5.74) is 0. The molecule has 0 spiro atoms. The van der Waals surface area contributed by atoms with Crippen LogP contribution in [0.25, 0.3) is 0 Å². The van der Waals surface area contributed by atoms with Crippen LogP contribution in [0, 0.1) is 0 Å². The number of rotatable bonds is 6. The second kappa shape index (κ2) is 10.4. The molecule has 0 atom stereocenters. The Hall–Kier alpha value is -0.321. The van der Waals surface area contributed by atoms with Crippen LogP contribution in [0.4, 0.5) is 51.8 Å². The largest absolute Gasteiger partial charge is 0.492 e. The van der Waals surface area contributed by atoms with Gasteiger partial charge in [-0.15, -0.1) is 0 Å². The summed E-state index contributed by atoms with van der Waals surface area (Å²) in [6, 6.07) is 0. The van der Waals surface area contributed by atoms with Crippen molar-refractivity contribution in [3.8, 4) is 0 Å². The maximum atomic E-state index is 11.2. The average Bonchev–Trinajstić information content (AvgIpc) is 2.12. The van der Waals surface area contributed by atoms with Crippen molar-refractivity contribution >= 4 is 55.7 Å². The van der Waals surface area contributed by atoms with Gasteiger partial charge in [0.1, 0.15) is 0 Å². The molecule has 0 nitrogen and oxygen atoms in total. The number of halogens is 12. The third kappa shape index (κ3) is 8.77. The molecule has 0 aliphatic heterocycles. The zero-order valence-electron chi connectivity index (χ0n) is 9.15. The third-order valence-electron chi connectivity index (χ3n) is 1.75. The van der Waals surface area contributed by atoms with Crippen LogP contribution in [-0.4, -0.2) is 55.7 Å². The van der Waals surface area contributed by atoms with E-state index in [1.165, 1.54) is 0 Å². The van der Waals surface area contributed by atoms with Gasteiger partial charge in [0.05, 0.1) is 0 Å². The molecule has 0 aromatic carbocycles. The summed E-state index contributed by atoms with van der Waals surface area (Å²) < 4.78 is 135. The fourth-order valence-corrected chi connectivity index (χ4v) is 0.660. The van der Waals surface area contributed by atoms with Crippen molar-refractivity contribution in [1.29, 1.82) is 0 Å². The maximum Gasteiger partial charge on any atom is 0.492 e. The highest BCUT2D eigenvalue weighted by atomic mass is 19.3. The van der Waals surface area contributed by atoms with E-state index in [2.05, 4.69) is 0 Å². The molecule has 20 heavy (non-hydrogen) atoms. The molecule has 0 heterocycles. The molecule has 0 aromatic rings. The van der Waals surface area contributed by atoms with Crippen molar-refractivity contribution in [3.05, 3.63) is 0 Å². The zero-order chi connectivity index (χ0) is 16.6.